The summed E-state index contributed by atoms with van der Waals surface area (Å²) >= 11 is 0. The topological polar surface area (TPSA) is 33.4 Å². The monoisotopic (exact) mass is 208 g/mol. The molecule has 2 unspecified atom stereocenters. The van der Waals surface area contributed by atoms with Gasteiger partial charge in [0.2, 0.25) is 0 Å². The van der Waals surface area contributed by atoms with Crippen molar-refractivity contribution >= 4 is 0 Å². The maximum atomic E-state index is 10.7. The molecule has 2 rings (SSSR count). The minimum absolute atomic E-state index is 0.566. The highest BCUT2D eigenvalue weighted by Crippen LogP contribution is 2.40. The second-order valence-electron chi connectivity index (χ2n) is 4.86. The fourth-order valence-electron chi connectivity index (χ4n) is 2.56. The minimum Gasteiger partial charge on any atom is -0.469 e. The second kappa shape index (κ2) is 4.01. The number of aliphatic hydroxyl groups is 1. The quantitative estimate of drug-likeness (QED) is 0.827. The van der Waals surface area contributed by atoms with E-state index in [1.807, 2.05) is 6.07 Å². The van der Waals surface area contributed by atoms with Gasteiger partial charge in [0.05, 0.1) is 11.9 Å². The van der Waals surface area contributed by atoms with E-state index in [0.717, 1.165) is 43.4 Å². The molecule has 1 N–H and O–H groups in total. The Morgan fingerprint density at radius 2 is 2.40 bits per heavy atom. The molecule has 84 valence electrons. The fourth-order valence-corrected chi connectivity index (χ4v) is 2.56. The molecule has 0 radical (unpaired) electrons. The molecule has 0 saturated carbocycles. The Balaban J connectivity index is 2.23. The Bertz CT molecular complexity index is 329. The SMILES string of the molecule is CCC(C)CC1(O)CCCc2occc21. The molecule has 1 aromatic heterocycles. The molecule has 2 atom stereocenters. The minimum atomic E-state index is -0.629. The molecule has 0 bridgehead atoms. The average Bonchev–Trinajstić information content (AvgIpc) is 2.67. The maximum absolute atomic E-state index is 10.7. The van der Waals surface area contributed by atoms with Crippen LogP contribution < -0.4 is 0 Å². The summed E-state index contributed by atoms with van der Waals surface area (Å²) in [5.74, 6) is 1.56. The van der Waals surface area contributed by atoms with Crippen molar-refractivity contribution in [1.29, 1.82) is 0 Å². The van der Waals surface area contributed by atoms with E-state index in [0.29, 0.717) is 5.92 Å². The third-order valence-electron chi connectivity index (χ3n) is 3.62. The predicted molar refractivity (Wildman–Crippen MR) is 59.6 cm³/mol. The highest BCUT2D eigenvalue weighted by atomic mass is 16.3. The van der Waals surface area contributed by atoms with Crippen LogP contribution >= 0.6 is 0 Å². The predicted octanol–water partition coefficient (Wildman–Crippen LogP) is 3.24. The van der Waals surface area contributed by atoms with Crippen LogP contribution in [0.5, 0.6) is 0 Å². The molecule has 2 nitrogen and oxygen atoms in total. The molecule has 2 heteroatoms. The molecule has 0 fully saturated rings. The first-order chi connectivity index (χ1) is 7.15. The first kappa shape index (κ1) is 10.7. The van der Waals surface area contributed by atoms with E-state index in [1.165, 1.54) is 0 Å². The van der Waals surface area contributed by atoms with Gasteiger partial charge in [-0.3, -0.25) is 0 Å². The summed E-state index contributed by atoms with van der Waals surface area (Å²) in [7, 11) is 0. The van der Waals surface area contributed by atoms with Crippen LogP contribution in [-0.4, -0.2) is 5.11 Å². The smallest absolute Gasteiger partial charge is 0.109 e. The molecule has 1 aromatic rings. The summed E-state index contributed by atoms with van der Waals surface area (Å²) in [4.78, 5) is 0. The molecule has 15 heavy (non-hydrogen) atoms. The van der Waals surface area contributed by atoms with E-state index in [9.17, 15) is 5.11 Å². The van der Waals surface area contributed by atoms with Gasteiger partial charge in [0, 0.05) is 12.0 Å². The van der Waals surface area contributed by atoms with E-state index >= 15 is 0 Å². The van der Waals surface area contributed by atoms with Crippen molar-refractivity contribution in [3.8, 4) is 0 Å². The summed E-state index contributed by atoms with van der Waals surface area (Å²) in [5.41, 5.74) is 0.407. The third-order valence-corrected chi connectivity index (χ3v) is 3.62. The molecular weight excluding hydrogens is 188 g/mol. The first-order valence-corrected chi connectivity index (χ1v) is 5.95. The van der Waals surface area contributed by atoms with Gasteiger partial charge >= 0.3 is 0 Å². The molecule has 1 heterocycles. The standard InChI is InChI=1S/C13H20O2/c1-3-10(2)9-13(14)7-4-5-12-11(13)6-8-15-12/h6,8,10,14H,3-5,7,9H2,1-2H3. The first-order valence-electron chi connectivity index (χ1n) is 5.95. The Hall–Kier alpha value is -0.760. The van der Waals surface area contributed by atoms with E-state index in [2.05, 4.69) is 13.8 Å². The van der Waals surface area contributed by atoms with E-state index in [1.54, 1.807) is 6.26 Å². The lowest BCUT2D eigenvalue weighted by Crippen LogP contribution is -2.31. The highest BCUT2D eigenvalue weighted by molar-refractivity contribution is 5.27. The van der Waals surface area contributed by atoms with E-state index in [4.69, 9.17) is 4.42 Å². The molecule has 1 aliphatic carbocycles. The number of aryl methyl sites for hydroxylation is 1. The summed E-state index contributed by atoms with van der Waals surface area (Å²) < 4.78 is 5.41. The average molecular weight is 208 g/mol. The maximum Gasteiger partial charge on any atom is 0.109 e. The summed E-state index contributed by atoms with van der Waals surface area (Å²) in [6.45, 7) is 4.37. The molecule has 0 aliphatic heterocycles. The highest BCUT2D eigenvalue weighted by Gasteiger charge is 2.36. The van der Waals surface area contributed by atoms with Crippen molar-refractivity contribution < 1.29 is 9.52 Å². The Kier molecular flexibility index (Phi) is 2.87. The zero-order valence-electron chi connectivity index (χ0n) is 9.62. The Morgan fingerprint density at radius 3 is 3.13 bits per heavy atom. The van der Waals surface area contributed by atoms with Crippen molar-refractivity contribution in [1.82, 2.24) is 0 Å². The summed E-state index contributed by atoms with van der Waals surface area (Å²) in [6.07, 6.45) is 6.57. The van der Waals surface area contributed by atoms with Crippen molar-refractivity contribution in [3.05, 3.63) is 23.7 Å². The van der Waals surface area contributed by atoms with Crippen LogP contribution in [0, 0.1) is 5.92 Å². The lowest BCUT2D eigenvalue weighted by molar-refractivity contribution is -0.00565. The largest absolute Gasteiger partial charge is 0.469 e. The van der Waals surface area contributed by atoms with Gasteiger partial charge in [-0.05, 0) is 31.2 Å². The van der Waals surface area contributed by atoms with Crippen LogP contribution in [-0.2, 0) is 12.0 Å². The lowest BCUT2D eigenvalue weighted by atomic mass is 9.77. The number of rotatable bonds is 3. The molecular formula is C13H20O2. The van der Waals surface area contributed by atoms with Gasteiger partial charge < -0.3 is 9.52 Å². The molecule has 1 aliphatic rings. The van der Waals surface area contributed by atoms with E-state index < -0.39 is 5.60 Å². The van der Waals surface area contributed by atoms with Crippen LogP contribution in [0.15, 0.2) is 16.7 Å². The van der Waals surface area contributed by atoms with Gasteiger partial charge in [-0.25, -0.2) is 0 Å². The van der Waals surface area contributed by atoms with Crippen LogP contribution in [0.2, 0.25) is 0 Å². The van der Waals surface area contributed by atoms with Crippen LogP contribution in [0.4, 0.5) is 0 Å². The van der Waals surface area contributed by atoms with Gasteiger partial charge in [-0.1, -0.05) is 20.3 Å². The van der Waals surface area contributed by atoms with Crippen molar-refractivity contribution in [2.45, 2.75) is 51.6 Å². The van der Waals surface area contributed by atoms with E-state index in [-0.39, 0.29) is 0 Å². The van der Waals surface area contributed by atoms with Gasteiger partial charge in [0.15, 0.2) is 0 Å². The number of fused-ring (bicyclic) bond motifs is 1. The van der Waals surface area contributed by atoms with Crippen molar-refractivity contribution in [2.75, 3.05) is 0 Å². The number of furan rings is 1. The summed E-state index contributed by atoms with van der Waals surface area (Å²) in [6, 6.07) is 1.94. The summed E-state index contributed by atoms with van der Waals surface area (Å²) in [5, 5.41) is 10.7. The van der Waals surface area contributed by atoms with Gasteiger partial charge in [0.25, 0.3) is 0 Å². The molecule has 0 amide bonds. The fraction of sp³-hybridized carbons (Fsp3) is 0.692. The lowest BCUT2D eigenvalue weighted by Gasteiger charge is -2.33. The van der Waals surface area contributed by atoms with Crippen LogP contribution in [0.25, 0.3) is 0 Å². The molecule has 0 saturated heterocycles. The molecule has 0 spiro atoms. The van der Waals surface area contributed by atoms with Crippen LogP contribution in [0.1, 0.15) is 50.9 Å². The molecule has 0 aromatic carbocycles. The number of hydrogen-bond donors (Lipinski definition) is 1. The Morgan fingerprint density at radius 1 is 1.60 bits per heavy atom. The van der Waals surface area contributed by atoms with Gasteiger partial charge in [-0.15, -0.1) is 0 Å². The number of hydrogen-bond acceptors (Lipinski definition) is 2. The Labute approximate surface area is 91.3 Å². The zero-order valence-corrected chi connectivity index (χ0v) is 9.62. The van der Waals surface area contributed by atoms with Crippen molar-refractivity contribution in [3.63, 3.8) is 0 Å². The van der Waals surface area contributed by atoms with Gasteiger partial charge in [-0.2, -0.15) is 0 Å². The third kappa shape index (κ3) is 1.96. The van der Waals surface area contributed by atoms with Crippen molar-refractivity contribution in [2.24, 2.45) is 5.92 Å². The second-order valence-corrected chi connectivity index (χ2v) is 4.86. The van der Waals surface area contributed by atoms with Gasteiger partial charge in [0.1, 0.15) is 5.76 Å². The van der Waals surface area contributed by atoms with Crippen LogP contribution in [0.3, 0.4) is 0 Å². The zero-order chi connectivity index (χ0) is 10.9. The normalized spacial score (nSPS) is 27.4.